The highest BCUT2D eigenvalue weighted by atomic mass is 19.1. The lowest BCUT2D eigenvalue weighted by Gasteiger charge is -2.27. The summed E-state index contributed by atoms with van der Waals surface area (Å²) in [5, 5.41) is 9.47. The molecule has 2 aliphatic heterocycles. The third-order valence-electron chi connectivity index (χ3n) is 5.68. The van der Waals surface area contributed by atoms with E-state index in [1.54, 1.807) is 9.47 Å². The predicted octanol–water partition coefficient (Wildman–Crippen LogP) is 2.74. The molecule has 1 aromatic carbocycles. The van der Waals surface area contributed by atoms with Crippen molar-refractivity contribution in [1.82, 2.24) is 4.57 Å². The van der Waals surface area contributed by atoms with Gasteiger partial charge in [-0.3, -0.25) is 9.59 Å². The molecule has 7 heteroatoms. The third kappa shape index (κ3) is 2.34. The molecule has 0 radical (unpaired) electrons. The number of carbonyl (C=O) groups is 2. The van der Waals surface area contributed by atoms with Gasteiger partial charge in [0, 0.05) is 30.3 Å². The van der Waals surface area contributed by atoms with Gasteiger partial charge >= 0.3 is 5.97 Å². The van der Waals surface area contributed by atoms with Crippen LogP contribution in [0.1, 0.15) is 47.6 Å². The average Bonchev–Trinajstić information content (AvgIpc) is 3.40. The summed E-state index contributed by atoms with van der Waals surface area (Å²) in [7, 11) is 0. The van der Waals surface area contributed by atoms with Crippen LogP contribution in [0, 0.1) is 5.82 Å². The lowest BCUT2D eigenvalue weighted by molar-refractivity contribution is -0.116. The quantitative estimate of drug-likeness (QED) is 0.882. The summed E-state index contributed by atoms with van der Waals surface area (Å²) >= 11 is 0. The number of aromatic carboxylic acids is 1. The molecule has 0 unspecified atom stereocenters. The van der Waals surface area contributed by atoms with E-state index in [0.717, 1.165) is 18.9 Å². The minimum absolute atomic E-state index is 0.0709. The van der Waals surface area contributed by atoms with Gasteiger partial charge in [-0.15, -0.1) is 0 Å². The summed E-state index contributed by atoms with van der Waals surface area (Å²) in [6.45, 7) is 0.155. The number of carboxylic acid groups (broad SMARTS) is 1. The molecule has 1 aliphatic carbocycles. The van der Waals surface area contributed by atoms with Crippen LogP contribution in [0.2, 0.25) is 0 Å². The summed E-state index contributed by atoms with van der Waals surface area (Å²) < 4.78 is 16.9. The van der Waals surface area contributed by atoms with Crippen molar-refractivity contribution in [1.29, 1.82) is 0 Å². The molecule has 2 aromatic rings. The Labute approximate surface area is 153 Å². The Bertz CT molecular complexity index is 1110. The lowest BCUT2D eigenvalue weighted by Crippen LogP contribution is -2.30. The zero-order valence-corrected chi connectivity index (χ0v) is 14.4. The topological polar surface area (TPSA) is 79.6 Å². The van der Waals surface area contributed by atoms with E-state index in [4.69, 9.17) is 0 Å². The summed E-state index contributed by atoms with van der Waals surface area (Å²) in [5.41, 5.74) is 0.427. The van der Waals surface area contributed by atoms with Gasteiger partial charge in [0.05, 0.1) is 23.1 Å². The van der Waals surface area contributed by atoms with Crippen LogP contribution in [-0.2, 0) is 4.79 Å². The van der Waals surface area contributed by atoms with Gasteiger partial charge in [-0.1, -0.05) is 12.2 Å². The highest BCUT2D eigenvalue weighted by Crippen LogP contribution is 2.42. The van der Waals surface area contributed by atoms with E-state index in [-0.39, 0.29) is 35.4 Å². The van der Waals surface area contributed by atoms with E-state index in [1.165, 1.54) is 6.20 Å². The second-order valence-electron chi connectivity index (χ2n) is 7.49. The lowest BCUT2D eigenvalue weighted by atomic mass is 10.0. The number of fused-ring (bicyclic) bond motifs is 5. The van der Waals surface area contributed by atoms with Gasteiger partial charge in [0.15, 0.2) is 5.78 Å². The molecular weight excluding hydrogens is 351 g/mol. The molecule has 1 saturated carbocycles. The number of carboxylic acids is 1. The smallest absolute Gasteiger partial charge is 0.341 e. The van der Waals surface area contributed by atoms with Crippen molar-refractivity contribution >= 4 is 34.4 Å². The van der Waals surface area contributed by atoms with Crippen molar-refractivity contribution in [3.63, 3.8) is 0 Å². The Morgan fingerprint density at radius 2 is 2.00 bits per heavy atom. The van der Waals surface area contributed by atoms with Crippen molar-refractivity contribution in [2.75, 3.05) is 11.4 Å². The number of hydrogen-bond acceptors (Lipinski definition) is 4. The van der Waals surface area contributed by atoms with Crippen LogP contribution in [-0.4, -0.2) is 34.0 Å². The molecule has 0 bridgehead atoms. The van der Waals surface area contributed by atoms with E-state index in [9.17, 15) is 19.5 Å². The first-order chi connectivity index (χ1) is 13.0. The minimum Gasteiger partial charge on any atom is -0.477 e. The first-order valence-corrected chi connectivity index (χ1v) is 9.05. The monoisotopic (exact) mass is 368 g/mol. The Balaban J connectivity index is 1.89. The van der Waals surface area contributed by atoms with Crippen LogP contribution >= 0.6 is 0 Å². The first kappa shape index (κ1) is 16.2. The number of ketones is 1. The van der Waals surface area contributed by atoms with E-state index >= 15 is 4.39 Å². The Morgan fingerprint density at radius 1 is 1.22 bits per heavy atom. The Hall–Kier alpha value is -2.96. The van der Waals surface area contributed by atoms with Gasteiger partial charge in [0.25, 0.3) is 0 Å². The van der Waals surface area contributed by atoms with E-state index in [1.807, 2.05) is 12.2 Å². The molecule has 27 heavy (non-hydrogen) atoms. The van der Waals surface area contributed by atoms with Gasteiger partial charge in [-0.25, -0.2) is 9.18 Å². The van der Waals surface area contributed by atoms with Gasteiger partial charge < -0.3 is 14.6 Å². The molecule has 1 N–H and O–H groups in total. The molecule has 0 amide bonds. The standard InChI is InChI=1S/C20H17FN2O4/c21-16-7-14-17(23(10-4-5-10)9-15(19(14)25)20(26)27)13-3-1-2-11-6-12(24)8-22(11)18(13)16/h1,3,7,9-11H,2,4-6,8H2,(H,26,27)/t11-/m1/s1. The zero-order valence-electron chi connectivity index (χ0n) is 14.4. The molecule has 2 fully saturated rings. The summed E-state index contributed by atoms with van der Waals surface area (Å²) in [5.74, 6) is -1.83. The third-order valence-corrected chi connectivity index (χ3v) is 5.68. The highest BCUT2D eigenvalue weighted by Gasteiger charge is 2.36. The molecule has 0 spiro atoms. The van der Waals surface area contributed by atoms with Crippen molar-refractivity contribution in [2.24, 2.45) is 0 Å². The molecule has 3 heterocycles. The maximum Gasteiger partial charge on any atom is 0.341 e. The van der Waals surface area contributed by atoms with Crippen molar-refractivity contribution < 1.29 is 19.1 Å². The van der Waals surface area contributed by atoms with Crippen molar-refractivity contribution in [2.45, 2.75) is 37.8 Å². The van der Waals surface area contributed by atoms with Gasteiger partial charge in [-0.2, -0.15) is 0 Å². The summed E-state index contributed by atoms with van der Waals surface area (Å²) in [6.07, 6.45) is 7.89. The number of halogens is 1. The largest absolute Gasteiger partial charge is 0.477 e. The van der Waals surface area contributed by atoms with E-state index < -0.39 is 17.2 Å². The zero-order chi connectivity index (χ0) is 18.9. The molecular formula is C20H17FN2O4. The summed E-state index contributed by atoms with van der Waals surface area (Å²) in [4.78, 5) is 38.0. The van der Waals surface area contributed by atoms with Gasteiger partial charge in [0.2, 0.25) is 5.43 Å². The number of benzene rings is 1. The van der Waals surface area contributed by atoms with Crippen LogP contribution in [0.15, 0.2) is 23.1 Å². The Morgan fingerprint density at radius 3 is 2.70 bits per heavy atom. The molecule has 1 atom stereocenters. The van der Waals surface area contributed by atoms with Crippen LogP contribution in [0.3, 0.4) is 0 Å². The van der Waals surface area contributed by atoms with Crippen LogP contribution in [0.5, 0.6) is 0 Å². The fourth-order valence-electron chi connectivity index (χ4n) is 4.32. The number of carbonyl (C=O) groups excluding carboxylic acids is 1. The Kier molecular flexibility index (Phi) is 3.32. The number of nitrogens with zero attached hydrogens (tertiary/aromatic N) is 2. The molecule has 6 nitrogen and oxygen atoms in total. The average molecular weight is 368 g/mol. The fraction of sp³-hybridized carbons (Fsp3) is 0.350. The number of aromatic nitrogens is 1. The van der Waals surface area contributed by atoms with Crippen LogP contribution in [0.25, 0.3) is 17.0 Å². The first-order valence-electron chi connectivity index (χ1n) is 9.05. The number of rotatable bonds is 2. The second kappa shape index (κ2) is 5.52. The molecule has 1 aromatic heterocycles. The van der Waals surface area contributed by atoms with E-state index in [2.05, 4.69) is 0 Å². The molecule has 3 aliphatic rings. The number of anilines is 1. The van der Waals surface area contributed by atoms with Crippen molar-refractivity contribution in [3.8, 4) is 0 Å². The fourth-order valence-corrected chi connectivity index (χ4v) is 4.32. The minimum atomic E-state index is -1.31. The SMILES string of the molecule is O=C1C[C@H]2CC=Cc3c(c(F)cc4c(=O)c(C(=O)O)cn(C5CC5)c34)N2C1. The van der Waals surface area contributed by atoms with Crippen molar-refractivity contribution in [3.05, 3.63) is 45.5 Å². The molecule has 1 saturated heterocycles. The van der Waals surface area contributed by atoms with Gasteiger partial charge in [-0.05, 0) is 25.3 Å². The number of hydrogen-bond donors (Lipinski definition) is 1. The normalized spacial score (nSPS) is 21.3. The molecule has 5 rings (SSSR count). The molecule has 138 valence electrons. The second-order valence-corrected chi connectivity index (χ2v) is 7.49. The van der Waals surface area contributed by atoms with Gasteiger partial charge in [0.1, 0.15) is 11.4 Å². The van der Waals surface area contributed by atoms with Crippen LogP contribution < -0.4 is 10.3 Å². The highest BCUT2D eigenvalue weighted by molar-refractivity contribution is 6.00. The maximum atomic E-state index is 15.1. The number of pyridine rings is 1. The summed E-state index contributed by atoms with van der Waals surface area (Å²) in [6, 6.07) is 1.16. The van der Waals surface area contributed by atoms with E-state index in [0.29, 0.717) is 29.6 Å². The maximum absolute atomic E-state index is 15.1. The predicted molar refractivity (Wildman–Crippen MR) is 97.8 cm³/mol. The number of Topliss-reactive ketones (excluding diaryl/α,β-unsaturated/α-hetero) is 1. The van der Waals surface area contributed by atoms with Crippen LogP contribution in [0.4, 0.5) is 10.1 Å².